The monoisotopic (exact) mass is 688 g/mol. The molecule has 4 heterocycles. The lowest BCUT2D eigenvalue weighted by Crippen LogP contribution is -2.36. The third-order valence-corrected chi connectivity index (χ3v) is 10.4. The summed E-state index contributed by atoms with van der Waals surface area (Å²) in [6, 6.07) is 0.398. The van der Waals surface area contributed by atoms with Gasteiger partial charge < -0.3 is 41.6 Å². The number of aromatic nitrogens is 4. The maximum Gasteiger partial charge on any atom is 0.315 e. The fourth-order valence-corrected chi connectivity index (χ4v) is 7.59. The summed E-state index contributed by atoms with van der Waals surface area (Å²) in [6.45, 7) is 2.28. The van der Waals surface area contributed by atoms with Crippen molar-refractivity contribution >= 4 is 52.5 Å². The molecule has 0 aliphatic carbocycles. The summed E-state index contributed by atoms with van der Waals surface area (Å²) in [5.41, 5.74) is 7.10. The lowest BCUT2D eigenvalue weighted by Gasteiger charge is -2.16. The van der Waals surface area contributed by atoms with Gasteiger partial charge in [0.05, 0.1) is 24.5 Å². The zero-order valence-corrected chi connectivity index (χ0v) is 28.8. The molecule has 0 radical (unpaired) electrons. The van der Waals surface area contributed by atoms with Gasteiger partial charge in [0.25, 0.3) is 0 Å². The molecule has 2 aromatic heterocycles. The largest absolute Gasteiger partial charge is 0.382 e. The molecule has 0 bridgehead atoms. The molecular formula is C32H52N10O5S. The number of amides is 5. The number of rotatable bonds is 23. The lowest BCUT2D eigenvalue weighted by molar-refractivity contribution is -0.122. The summed E-state index contributed by atoms with van der Waals surface area (Å²) in [5, 5.41) is 15.3. The summed E-state index contributed by atoms with van der Waals surface area (Å²) in [5.74, 6) is 1.41. The number of hydrogen-bond donors (Lipinski definition) is 6. The van der Waals surface area contributed by atoms with Crippen LogP contribution in [0.1, 0.15) is 83.5 Å². The molecule has 4 atom stereocenters. The van der Waals surface area contributed by atoms with Crippen molar-refractivity contribution in [2.24, 2.45) is 0 Å². The molecular weight excluding hydrogens is 636 g/mol. The second kappa shape index (κ2) is 20.0. The molecule has 0 spiro atoms. The van der Waals surface area contributed by atoms with Crippen LogP contribution in [0.5, 0.6) is 0 Å². The second-order valence-electron chi connectivity index (χ2n) is 12.5. The molecule has 16 heteroatoms. The molecule has 0 unspecified atom stereocenters. The smallest absolute Gasteiger partial charge is 0.315 e. The Kier molecular flexibility index (Phi) is 15.5. The number of carbonyl (C=O) groups excluding carboxylic acids is 4. The van der Waals surface area contributed by atoms with Crippen molar-refractivity contribution in [2.45, 2.75) is 113 Å². The highest BCUT2D eigenvalue weighted by Crippen LogP contribution is 2.33. The van der Waals surface area contributed by atoms with E-state index >= 15 is 0 Å². The Labute approximate surface area is 286 Å². The van der Waals surface area contributed by atoms with Crippen LogP contribution in [0, 0.1) is 0 Å². The van der Waals surface area contributed by atoms with Crippen LogP contribution >= 0.6 is 11.8 Å². The molecule has 7 N–H and O–H groups in total. The lowest BCUT2D eigenvalue weighted by atomic mass is 10.0. The number of imidazole rings is 1. The summed E-state index contributed by atoms with van der Waals surface area (Å²) in [7, 11) is 1.63. The van der Waals surface area contributed by atoms with Crippen LogP contribution in [-0.2, 0) is 25.7 Å². The van der Waals surface area contributed by atoms with Gasteiger partial charge in [0, 0.05) is 63.6 Å². The summed E-state index contributed by atoms with van der Waals surface area (Å²) < 4.78 is 7.44. The summed E-state index contributed by atoms with van der Waals surface area (Å²) >= 11 is 1.90. The van der Waals surface area contributed by atoms with E-state index in [0.717, 1.165) is 63.5 Å². The van der Waals surface area contributed by atoms with Crippen molar-refractivity contribution < 1.29 is 23.9 Å². The molecule has 2 aliphatic rings. The minimum absolute atomic E-state index is 0.0124. The van der Waals surface area contributed by atoms with Crippen LogP contribution < -0.4 is 32.3 Å². The first-order valence-corrected chi connectivity index (χ1v) is 18.3. The highest BCUT2D eigenvalue weighted by Gasteiger charge is 2.42. The first-order valence-electron chi connectivity index (χ1n) is 17.3. The predicted octanol–water partition coefficient (Wildman–Crippen LogP) is 2.01. The molecule has 15 nitrogen and oxygen atoms in total. The van der Waals surface area contributed by atoms with Crippen molar-refractivity contribution in [2.75, 3.05) is 38.2 Å². The van der Waals surface area contributed by atoms with Crippen molar-refractivity contribution in [3.8, 4) is 0 Å². The van der Waals surface area contributed by atoms with Crippen LogP contribution in [0.25, 0.3) is 11.2 Å². The molecule has 0 aromatic carbocycles. The van der Waals surface area contributed by atoms with Gasteiger partial charge in [-0.15, -0.1) is 0 Å². The fourth-order valence-electron chi connectivity index (χ4n) is 6.05. The van der Waals surface area contributed by atoms with E-state index in [1.165, 1.54) is 6.33 Å². The topological polar surface area (TPSA) is 207 Å². The number of nitrogens with two attached hydrogens (primary N) is 1. The minimum Gasteiger partial charge on any atom is -0.382 e. The number of aryl methyl sites for hydroxylation is 1. The second-order valence-corrected chi connectivity index (χ2v) is 13.8. The van der Waals surface area contributed by atoms with Gasteiger partial charge in [-0.3, -0.25) is 14.4 Å². The molecule has 266 valence electrons. The van der Waals surface area contributed by atoms with Gasteiger partial charge in [-0.2, -0.15) is 11.8 Å². The SMILES string of the molecule is CO[C@@H](CCn1cnc2c(N)ncnc21)CNC(=O)CCCCCNC(=O)CCCCCNC(=O)CCCC[C@@H]1SC[C@@H]2NC(=O)N[C@@H]21. The summed E-state index contributed by atoms with van der Waals surface area (Å²) in [4.78, 5) is 60.5. The van der Waals surface area contributed by atoms with Gasteiger partial charge in [-0.25, -0.2) is 19.7 Å². The maximum atomic E-state index is 12.3. The van der Waals surface area contributed by atoms with Gasteiger partial charge in [0.1, 0.15) is 11.8 Å². The van der Waals surface area contributed by atoms with E-state index in [1.807, 2.05) is 16.3 Å². The fraction of sp³-hybridized carbons (Fsp3) is 0.719. The highest BCUT2D eigenvalue weighted by molar-refractivity contribution is 8.00. The Morgan fingerprint density at radius 1 is 0.938 bits per heavy atom. The normalized spacial score (nSPS) is 19.0. The molecule has 0 saturated carbocycles. The zero-order chi connectivity index (χ0) is 34.1. The first kappa shape index (κ1) is 37.2. The number of nitrogens with one attached hydrogen (secondary N) is 5. The number of nitrogens with zero attached hydrogens (tertiary/aromatic N) is 4. The van der Waals surface area contributed by atoms with Gasteiger partial charge >= 0.3 is 6.03 Å². The van der Waals surface area contributed by atoms with E-state index < -0.39 is 0 Å². The number of fused-ring (bicyclic) bond motifs is 2. The van der Waals surface area contributed by atoms with E-state index in [4.69, 9.17) is 10.5 Å². The standard InChI is InChI=1S/C32H52N10O5S/c1-47-22(14-17-42-21-39-29-30(33)37-20-38-31(29)42)18-36-27(45)12-5-3-9-15-34-25(43)11-4-2-8-16-35-26(44)13-7-6-10-24-28-23(19-48-24)40-32(46)41-28/h20-24,28H,2-19H2,1H3,(H,34,43)(H,35,44)(H,36,45)(H2,33,37,38)(H2,40,41,46)/t22-,23-,24-,28-/m0/s1. The van der Waals surface area contributed by atoms with Gasteiger partial charge in [0.15, 0.2) is 11.5 Å². The van der Waals surface area contributed by atoms with Gasteiger partial charge in [0.2, 0.25) is 17.7 Å². The molecule has 5 amide bonds. The number of nitrogen functional groups attached to an aromatic ring is 1. The Morgan fingerprint density at radius 2 is 1.60 bits per heavy atom. The van der Waals surface area contributed by atoms with E-state index in [2.05, 4.69) is 41.5 Å². The number of methoxy groups -OCH3 is 1. The number of ether oxygens (including phenoxy) is 1. The van der Waals surface area contributed by atoms with E-state index in [-0.39, 0.29) is 41.9 Å². The third kappa shape index (κ3) is 12.1. The van der Waals surface area contributed by atoms with Gasteiger partial charge in [-0.1, -0.05) is 19.3 Å². The number of carbonyl (C=O) groups is 4. The Bertz CT molecular complexity index is 1340. The third-order valence-electron chi connectivity index (χ3n) is 8.87. The maximum absolute atomic E-state index is 12.3. The molecule has 2 saturated heterocycles. The zero-order valence-electron chi connectivity index (χ0n) is 28.0. The van der Waals surface area contributed by atoms with Crippen molar-refractivity contribution in [1.82, 2.24) is 46.1 Å². The van der Waals surface area contributed by atoms with E-state index in [9.17, 15) is 19.2 Å². The highest BCUT2D eigenvalue weighted by atomic mass is 32.2. The number of thioether (sulfide) groups is 1. The van der Waals surface area contributed by atoms with Crippen molar-refractivity contribution in [1.29, 1.82) is 0 Å². The average Bonchev–Trinajstić information content (AvgIpc) is 3.77. The quantitative estimate of drug-likeness (QED) is 0.0740. The van der Waals surface area contributed by atoms with Gasteiger partial charge in [-0.05, 0) is 44.9 Å². The average molecular weight is 689 g/mol. The first-order chi connectivity index (χ1) is 23.3. The number of unbranched alkanes of at least 4 members (excludes halogenated alkanes) is 5. The predicted molar refractivity (Wildman–Crippen MR) is 185 cm³/mol. The molecule has 2 fully saturated rings. The Hall–Kier alpha value is -3.66. The van der Waals surface area contributed by atoms with Crippen LogP contribution in [0.4, 0.5) is 10.6 Å². The number of anilines is 1. The number of urea groups is 1. The number of hydrogen-bond acceptors (Lipinski definition) is 10. The Morgan fingerprint density at radius 3 is 2.29 bits per heavy atom. The van der Waals surface area contributed by atoms with Crippen LogP contribution in [0.15, 0.2) is 12.7 Å². The van der Waals surface area contributed by atoms with Crippen molar-refractivity contribution in [3.63, 3.8) is 0 Å². The van der Waals surface area contributed by atoms with Crippen LogP contribution in [0.3, 0.4) is 0 Å². The minimum atomic E-state index is -0.146. The van der Waals surface area contributed by atoms with Crippen LogP contribution in [-0.4, -0.2) is 99.2 Å². The molecule has 48 heavy (non-hydrogen) atoms. The van der Waals surface area contributed by atoms with E-state index in [0.29, 0.717) is 74.1 Å². The Balaban J connectivity index is 0.909. The molecule has 4 rings (SSSR count). The van der Waals surface area contributed by atoms with E-state index in [1.54, 1.807) is 13.4 Å². The van der Waals surface area contributed by atoms with Crippen molar-refractivity contribution in [3.05, 3.63) is 12.7 Å². The molecule has 2 aliphatic heterocycles. The summed E-state index contributed by atoms with van der Waals surface area (Å²) in [6.07, 6.45) is 12.9. The molecule has 2 aromatic rings. The van der Waals surface area contributed by atoms with Crippen LogP contribution in [0.2, 0.25) is 0 Å².